The van der Waals surface area contributed by atoms with Gasteiger partial charge < -0.3 is 4.74 Å². The summed E-state index contributed by atoms with van der Waals surface area (Å²) >= 11 is 0. The largest absolute Gasteiger partial charge is 0.359 e. The SMILES string of the molecule is CC(OC(C)C(=O)c1ccccc1)C(=O)c1ccccc1. The van der Waals surface area contributed by atoms with Gasteiger partial charge in [-0.25, -0.2) is 0 Å². The molecule has 2 unspecified atom stereocenters. The maximum Gasteiger partial charge on any atom is 0.191 e. The molecule has 0 saturated heterocycles. The van der Waals surface area contributed by atoms with E-state index in [1.807, 2.05) is 12.1 Å². The average molecular weight is 282 g/mol. The highest BCUT2D eigenvalue weighted by Crippen LogP contribution is 2.11. The molecule has 0 spiro atoms. The summed E-state index contributed by atoms with van der Waals surface area (Å²) in [6.07, 6.45) is -1.31. The second kappa shape index (κ2) is 6.95. The molecule has 2 atom stereocenters. The highest BCUT2D eigenvalue weighted by Gasteiger charge is 2.22. The van der Waals surface area contributed by atoms with Gasteiger partial charge in [0.1, 0.15) is 12.2 Å². The molecule has 2 aromatic rings. The lowest BCUT2D eigenvalue weighted by Crippen LogP contribution is -2.30. The van der Waals surface area contributed by atoms with E-state index in [-0.39, 0.29) is 11.6 Å². The lowest BCUT2D eigenvalue weighted by Gasteiger charge is -2.17. The van der Waals surface area contributed by atoms with Gasteiger partial charge in [-0.1, -0.05) is 60.7 Å². The number of carbonyl (C=O) groups excluding carboxylic acids is 2. The highest BCUT2D eigenvalue weighted by atomic mass is 16.5. The predicted octanol–water partition coefficient (Wildman–Crippen LogP) is 3.55. The van der Waals surface area contributed by atoms with E-state index in [2.05, 4.69) is 0 Å². The molecule has 0 aromatic heterocycles. The number of ether oxygens (including phenoxy) is 1. The maximum absolute atomic E-state index is 12.2. The number of carbonyl (C=O) groups is 2. The van der Waals surface area contributed by atoms with Gasteiger partial charge in [0.2, 0.25) is 0 Å². The number of Topliss-reactive ketones (excluding diaryl/α,β-unsaturated/α-hetero) is 2. The average Bonchev–Trinajstić information content (AvgIpc) is 2.55. The quantitative estimate of drug-likeness (QED) is 0.761. The van der Waals surface area contributed by atoms with Crippen LogP contribution in [0.1, 0.15) is 34.6 Å². The number of hydrogen-bond acceptors (Lipinski definition) is 3. The molecule has 0 aliphatic rings. The van der Waals surface area contributed by atoms with E-state index in [0.29, 0.717) is 11.1 Å². The first-order valence-electron chi connectivity index (χ1n) is 6.93. The fraction of sp³-hybridized carbons (Fsp3) is 0.222. The van der Waals surface area contributed by atoms with Crippen LogP contribution in [0, 0.1) is 0 Å². The minimum atomic E-state index is -0.657. The summed E-state index contributed by atoms with van der Waals surface area (Å²) in [5, 5.41) is 0. The Morgan fingerprint density at radius 1 is 0.714 bits per heavy atom. The first kappa shape index (κ1) is 15.1. The van der Waals surface area contributed by atoms with Crippen LogP contribution in [0.3, 0.4) is 0 Å². The van der Waals surface area contributed by atoms with Crippen LogP contribution in [0.4, 0.5) is 0 Å². The fourth-order valence-electron chi connectivity index (χ4n) is 2.10. The van der Waals surface area contributed by atoms with E-state index in [1.165, 1.54) is 0 Å². The van der Waals surface area contributed by atoms with Crippen LogP contribution in [0.5, 0.6) is 0 Å². The van der Waals surface area contributed by atoms with Crippen molar-refractivity contribution in [3.05, 3.63) is 71.8 Å². The van der Waals surface area contributed by atoms with Crippen LogP contribution >= 0.6 is 0 Å². The summed E-state index contributed by atoms with van der Waals surface area (Å²) in [4.78, 5) is 24.4. The third-order valence-corrected chi connectivity index (χ3v) is 3.26. The molecule has 0 saturated carbocycles. The zero-order chi connectivity index (χ0) is 15.2. The maximum atomic E-state index is 12.2. The monoisotopic (exact) mass is 282 g/mol. The van der Waals surface area contributed by atoms with Crippen molar-refractivity contribution in [2.75, 3.05) is 0 Å². The van der Waals surface area contributed by atoms with Gasteiger partial charge in [-0.3, -0.25) is 9.59 Å². The Bertz CT molecular complexity index is 549. The Hall–Kier alpha value is -2.26. The molecule has 0 fully saturated rings. The van der Waals surface area contributed by atoms with Crippen molar-refractivity contribution in [2.24, 2.45) is 0 Å². The minimum absolute atomic E-state index is 0.122. The van der Waals surface area contributed by atoms with Crippen LogP contribution < -0.4 is 0 Å². The first-order valence-corrected chi connectivity index (χ1v) is 6.93. The Balaban J connectivity index is 2.01. The van der Waals surface area contributed by atoms with Crippen molar-refractivity contribution in [1.82, 2.24) is 0 Å². The van der Waals surface area contributed by atoms with E-state index in [1.54, 1.807) is 62.4 Å². The smallest absolute Gasteiger partial charge is 0.191 e. The first-order chi connectivity index (χ1) is 10.1. The second-order valence-corrected chi connectivity index (χ2v) is 4.88. The molecule has 3 nitrogen and oxygen atoms in total. The second-order valence-electron chi connectivity index (χ2n) is 4.88. The lowest BCUT2D eigenvalue weighted by molar-refractivity contribution is 0.0154. The Kier molecular flexibility index (Phi) is 5.01. The van der Waals surface area contributed by atoms with Gasteiger partial charge >= 0.3 is 0 Å². The zero-order valence-corrected chi connectivity index (χ0v) is 12.2. The van der Waals surface area contributed by atoms with Gasteiger partial charge in [0.25, 0.3) is 0 Å². The molecule has 3 heteroatoms. The molecule has 2 aromatic carbocycles. The summed E-state index contributed by atoms with van der Waals surface area (Å²) < 4.78 is 5.58. The molecule has 0 heterocycles. The van der Waals surface area contributed by atoms with Crippen molar-refractivity contribution in [3.63, 3.8) is 0 Å². The van der Waals surface area contributed by atoms with Gasteiger partial charge in [-0.05, 0) is 13.8 Å². The van der Waals surface area contributed by atoms with Crippen molar-refractivity contribution >= 4 is 11.6 Å². The van der Waals surface area contributed by atoms with Crippen molar-refractivity contribution < 1.29 is 14.3 Å². The highest BCUT2D eigenvalue weighted by molar-refractivity contribution is 6.01. The molecule has 0 aliphatic heterocycles. The lowest BCUT2D eigenvalue weighted by atomic mass is 10.1. The molecular formula is C18H18O3. The van der Waals surface area contributed by atoms with Crippen LogP contribution in [0.15, 0.2) is 60.7 Å². The van der Waals surface area contributed by atoms with Gasteiger partial charge in [-0.15, -0.1) is 0 Å². The van der Waals surface area contributed by atoms with Crippen molar-refractivity contribution in [1.29, 1.82) is 0 Å². The topological polar surface area (TPSA) is 43.4 Å². The Morgan fingerprint density at radius 2 is 1.05 bits per heavy atom. The summed E-state index contributed by atoms with van der Waals surface area (Å²) in [7, 11) is 0. The summed E-state index contributed by atoms with van der Waals surface area (Å²) in [5.74, 6) is -0.244. The van der Waals surface area contributed by atoms with Crippen LogP contribution in [0.25, 0.3) is 0 Å². The molecule has 108 valence electrons. The van der Waals surface area contributed by atoms with E-state index in [4.69, 9.17) is 4.74 Å². The molecule has 0 amide bonds. The van der Waals surface area contributed by atoms with Gasteiger partial charge in [0.05, 0.1) is 0 Å². The summed E-state index contributed by atoms with van der Waals surface area (Å²) in [6, 6.07) is 17.9. The Labute approximate surface area is 124 Å². The molecule has 0 aliphatic carbocycles. The number of benzene rings is 2. The third-order valence-electron chi connectivity index (χ3n) is 3.26. The third kappa shape index (κ3) is 3.86. The zero-order valence-electron chi connectivity index (χ0n) is 12.2. The van der Waals surface area contributed by atoms with Gasteiger partial charge in [0, 0.05) is 11.1 Å². The standard InChI is InChI=1S/C18H18O3/c1-13(17(19)15-9-5-3-6-10-15)21-14(2)18(20)16-11-7-4-8-12-16/h3-14H,1-2H3. The van der Waals surface area contributed by atoms with E-state index >= 15 is 0 Å². The predicted molar refractivity (Wildman–Crippen MR) is 81.6 cm³/mol. The molecule has 21 heavy (non-hydrogen) atoms. The molecule has 0 bridgehead atoms. The van der Waals surface area contributed by atoms with E-state index in [0.717, 1.165) is 0 Å². The minimum Gasteiger partial charge on any atom is -0.359 e. The van der Waals surface area contributed by atoms with Crippen molar-refractivity contribution in [2.45, 2.75) is 26.1 Å². The summed E-state index contributed by atoms with van der Waals surface area (Å²) in [5.41, 5.74) is 1.17. The van der Waals surface area contributed by atoms with E-state index < -0.39 is 12.2 Å². The number of hydrogen-bond donors (Lipinski definition) is 0. The molecular weight excluding hydrogens is 264 g/mol. The van der Waals surface area contributed by atoms with Gasteiger partial charge in [-0.2, -0.15) is 0 Å². The van der Waals surface area contributed by atoms with Crippen LogP contribution in [0.2, 0.25) is 0 Å². The Morgan fingerprint density at radius 3 is 1.38 bits per heavy atom. The van der Waals surface area contributed by atoms with Crippen molar-refractivity contribution in [3.8, 4) is 0 Å². The molecule has 0 radical (unpaired) electrons. The number of rotatable bonds is 6. The van der Waals surface area contributed by atoms with E-state index in [9.17, 15) is 9.59 Å². The normalized spacial score (nSPS) is 13.4. The molecule has 2 rings (SSSR count). The van der Waals surface area contributed by atoms with Crippen LogP contribution in [-0.4, -0.2) is 23.8 Å². The van der Waals surface area contributed by atoms with Gasteiger partial charge in [0.15, 0.2) is 11.6 Å². The van der Waals surface area contributed by atoms with Crippen LogP contribution in [-0.2, 0) is 4.74 Å². The number of ketones is 2. The molecule has 0 N–H and O–H groups in total. The fourth-order valence-corrected chi connectivity index (χ4v) is 2.10. The summed E-state index contributed by atoms with van der Waals surface area (Å²) in [6.45, 7) is 3.34.